The molecule has 0 saturated carbocycles. The minimum absolute atomic E-state index is 0.0216. The van der Waals surface area contributed by atoms with Gasteiger partial charge in [-0.1, -0.05) is 6.92 Å². The van der Waals surface area contributed by atoms with Crippen molar-refractivity contribution < 1.29 is 9.59 Å². The van der Waals surface area contributed by atoms with Crippen LogP contribution in [0, 0.1) is 5.92 Å². The Kier molecular flexibility index (Phi) is 7.13. The maximum absolute atomic E-state index is 13.1. The highest BCUT2D eigenvalue weighted by atomic mass is 32.1. The van der Waals surface area contributed by atoms with E-state index in [1.165, 1.54) is 0 Å². The van der Waals surface area contributed by atoms with Gasteiger partial charge in [0.25, 0.3) is 11.8 Å². The van der Waals surface area contributed by atoms with Gasteiger partial charge in [0.2, 0.25) is 5.43 Å². The third-order valence-corrected chi connectivity index (χ3v) is 6.42. The van der Waals surface area contributed by atoms with E-state index in [-0.39, 0.29) is 29.1 Å². The Morgan fingerprint density at radius 1 is 1.17 bits per heavy atom. The topological polar surface area (TPSA) is 71.4 Å². The molecule has 2 aromatic rings. The fourth-order valence-corrected chi connectivity index (χ4v) is 4.39. The minimum atomic E-state index is -0.490. The molecule has 1 N–H and O–H groups in total. The van der Waals surface area contributed by atoms with E-state index in [9.17, 15) is 14.4 Å². The molecular formula is C23H31N3O3S. The van der Waals surface area contributed by atoms with Crippen LogP contribution in [0.15, 0.2) is 34.0 Å². The zero-order chi connectivity index (χ0) is 21.8. The SMILES string of the molecule is CC1CCN(C(=O)c2cn(C(C)C)cc(C(=O)N[C@H](C)Cc3ccsc3)c2=O)CC1. The van der Waals surface area contributed by atoms with Gasteiger partial charge in [-0.2, -0.15) is 11.3 Å². The number of carbonyl (C=O) groups is 2. The molecule has 0 aliphatic carbocycles. The average molecular weight is 430 g/mol. The second-order valence-electron chi connectivity index (χ2n) is 8.64. The first-order valence-corrected chi connectivity index (χ1v) is 11.6. The van der Waals surface area contributed by atoms with Crippen molar-refractivity contribution in [2.45, 2.75) is 59.0 Å². The van der Waals surface area contributed by atoms with Crippen LogP contribution < -0.4 is 10.7 Å². The van der Waals surface area contributed by atoms with Crippen LogP contribution in [0.2, 0.25) is 0 Å². The van der Waals surface area contributed by atoms with E-state index >= 15 is 0 Å². The van der Waals surface area contributed by atoms with Gasteiger partial charge in [0.05, 0.1) is 0 Å². The molecule has 0 bridgehead atoms. The van der Waals surface area contributed by atoms with E-state index in [0.717, 1.165) is 18.4 Å². The van der Waals surface area contributed by atoms with E-state index in [1.54, 1.807) is 33.2 Å². The van der Waals surface area contributed by atoms with Gasteiger partial charge in [0.1, 0.15) is 11.1 Å². The summed E-state index contributed by atoms with van der Waals surface area (Å²) in [5.74, 6) is -0.121. The Hall–Kier alpha value is -2.41. The summed E-state index contributed by atoms with van der Waals surface area (Å²) in [5.41, 5.74) is 0.764. The summed E-state index contributed by atoms with van der Waals surface area (Å²) in [7, 11) is 0. The van der Waals surface area contributed by atoms with Crippen molar-refractivity contribution in [2.75, 3.05) is 13.1 Å². The Morgan fingerprint density at radius 2 is 1.83 bits per heavy atom. The standard InChI is InChI=1S/C23H31N3O3S/c1-15(2)26-12-19(22(28)24-17(4)11-18-7-10-30-14-18)21(27)20(13-26)23(29)25-8-5-16(3)6-9-25/h7,10,12-17H,5-6,8-9,11H2,1-4H3,(H,24,28)/t17-/m1/s1. The zero-order valence-electron chi connectivity index (χ0n) is 18.2. The highest BCUT2D eigenvalue weighted by Gasteiger charge is 2.26. The molecule has 0 radical (unpaired) electrons. The lowest BCUT2D eigenvalue weighted by molar-refractivity contribution is 0.0695. The number of carbonyl (C=O) groups excluding carboxylic acids is 2. The molecule has 7 heteroatoms. The van der Waals surface area contributed by atoms with Crippen molar-refractivity contribution in [1.82, 2.24) is 14.8 Å². The quantitative estimate of drug-likeness (QED) is 0.761. The Labute approximate surface area is 181 Å². The van der Waals surface area contributed by atoms with Crippen molar-refractivity contribution in [3.05, 3.63) is 56.1 Å². The first-order valence-electron chi connectivity index (χ1n) is 10.6. The van der Waals surface area contributed by atoms with E-state index < -0.39 is 11.3 Å². The molecule has 0 aromatic carbocycles. The number of nitrogens with one attached hydrogen (secondary N) is 1. The highest BCUT2D eigenvalue weighted by Crippen LogP contribution is 2.18. The predicted octanol–water partition coefficient (Wildman–Crippen LogP) is 3.72. The molecule has 1 aliphatic rings. The van der Waals surface area contributed by atoms with Crippen LogP contribution in [0.1, 0.15) is 72.9 Å². The summed E-state index contributed by atoms with van der Waals surface area (Å²) in [5, 5.41) is 6.97. The summed E-state index contributed by atoms with van der Waals surface area (Å²) >= 11 is 1.61. The van der Waals surface area contributed by atoms with E-state index in [4.69, 9.17) is 0 Å². The third kappa shape index (κ3) is 5.19. The number of likely N-dealkylation sites (tertiary alicyclic amines) is 1. The second kappa shape index (κ2) is 9.60. The van der Waals surface area contributed by atoms with Crippen molar-refractivity contribution in [1.29, 1.82) is 0 Å². The van der Waals surface area contributed by atoms with Gasteiger partial charge in [-0.05, 0) is 68.3 Å². The number of hydrogen-bond acceptors (Lipinski definition) is 4. The lowest BCUT2D eigenvalue weighted by Crippen LogP contribution is -2.42. The molecular weight excluding hydrogens is 398 g/mol. The number of aromatic nitrogens is 1. The average Bonchev–Trinajstić information content (AvgIpc) is 3.20. The largest absolute Gasteiger partial charge is 0.350 e. The molecule has 3 rings (SSSR count). The maximum atomic E-state index is 13.1. The molecule has 1 fully saturated rings. The first kappa shape index (κ1) is 22.3. The van der Waals surface area contributed by atoms with Crippen LogP contribution in [-0.4, -0.2) is 40.4 Å². The number of nitrogens with zero attached hydrogens (tertiary/aromatic N) is 2. The van der Waals surface area contributed by atoms with Crippen LogP contribution in [0.5, 0.6) is 0 Å². The molecule has 30 heavy (non-hydrogen) atoms. The molecule has 0 unspecified atom stereocenters. The van der Waals surface area contributed by atoms with Crippen molar-refractivity contribution in [2.24, 2.45) is 5.92 Å². The van der Waals surface area contributed by atoms with Crippen LogP contribution in [0.3, 0.4) is 0 Å². The van der Waals surface area contributed by atoms with Crippen molar-refractivity contribution in [3.8, 4) is 0 Å². The maximum Gasteiger partial charge on any atom is 0.259 e. The van der Waals surface area contributed by atoms with Crippen LogP contribution >= 0.6 is 11.3 Å². The zero-order valence-corrected chi connectivity index (χ0v) is 19.0. The summed E-state index contributed by atoms with van der Waals surface area (Å²) in [6.07, 6.45) is 5.72. The van der Waals surface area contributed by atoms with Crippen LogP contribution in [0.25, 0.3) is 0 Å². The van der Waals surface area contributed by atoms with Gasteiger partial charge in [-0.25, -0.2) is 0 Å². The smallest absolute Gasteiger partial charge is 0.259 e. The monoisotopic (exact) mass is 429 g/mol. The molecule has 2 aromatic heterocycles. The highest BCUT2D eigenvalue weighted by molar-refractivity contribution is 7.07. The molecule has 1 saturated heterocycles. The number of rotatable bonds is 6. The minimum Gasteiger partial charge on any atom is -0.350 e. The Morgan fingerprint density at radius 3 is 2.43 bits per heavy atom. The fraction of sp³-hybridized carbons (Fsp3) is 0.522. The predicted molar refractivity (Wildman–Crippen MR) is 120 cm³/mol. The number of thiophene rings is 1. The molecule has 3 heterocycles. The Bertz CT molecular complexity index is 941. The van der Waals surface area contributed by atoms with Gasteiger partial charge in [-0.15, -0.1) is 0 Å². The number of hydrogen-bond donors (Lipinski definition) is 1. The first-order chi connectivity index (χ1) is 14.3. The molecule has 2 amide bonds. The number of amides is 2. The van der Waals surface area contributed by atoms with E-state index in [2.05, 4.69) is 12.2 Å². The van der Waals surface area contributed by atoms with Gasteiger partial charge in [-0.3, -0.25) is 14.4 Å². The molecule has 162 valence electrons. The number of piperidine rings is 1. The second-order valence-corrected chi connectivity index (χ2v) is 9.42. The summed E-state index contributed by atoms with van der Waals surface area (Å²) < 4.78 is 1.78. The molecule has 1 aliphatic heterocycles. The van der Waals surface area contributed by atoms with Crippen LogP contribution in [0.4, 0.5) is 0 Å². The van der Waals surface area contributed by atoms with Gasteiger partial charge in [0, 0.05) is 37.6 Å². The van der Waals surface area contributed by atoms with Gasteiger partial charge in [0.15, 0.2) is 0 Å². The summed E-state index contributed by atoms with van der Waals surface area (Å²) in [4.78, 5) is 40.9. The van der Waals surface area contributed by atoms with Crippen molar-refractivity contribution >= 4 is 23.2 Å². The Balaban J connectivity index is 1.85. The summed E-state index contributed by atoms with van der Waals surface area (Å²) in [6, 6.07) is 1.92. The van der Waals surface area contributed by atoms with Gasteiger partial charge >= 0.3 is 0 Å². The number of pyridine rings is 1. The molecule has 1 atom stereocenters. The van der Waals surface area contributed by atoms with Crippen LogP contribution in [-0.2, 0) is 6.42 Å². The lowest BCUT2D eigenvalue weighted by Gasteiger charge is -2.30. The normalized spacial score (nSPS) is 16.0. The van der Waals surface area contributed by atoms with Crippen molar-refractivity contribution in [3.63, 3.8) is 0 Å². The van der Waals surface area contributed by atoms with Gasteiger partial charge < -0.3 is 14.8 Å². The lowest BCUT2D eigenvalue weighted by atomic mass is 9.98. The fourth-order valence-electron chi connectivity index (χ4n) is 3.71. The third-order valence-electron chi connectivity index (χ3n) is 5.69. The summed E-state index contributed by atoms with van der Waals surface area (Å²) in [6.45, 7) is 9.31. The van der Waals surface area contributed by atoms with E-state index in [0.29, 0.717) is 25.4 Å². The van der Waals surface area contributed by atoms with E-state index in [1.807, 2.05) is 37.6 Å². The molecule has 6 nitrogen and oxygen atoms in total. The molecule has 0 spiro atoms.